The first-order valence-electron chi connectivity index (χ1n) is 8.94. The number of rotatable bonds is 7. The normalized spacial score (nSPS) is 13.3. The van der Waals surface area contributed by atoms with Crippen molar-refractivity contribution in [2.75, 3.05) is 25.0 Å². The van der Waals surface area contributed by atoms with Crippen LogP contribution in [0.25, 0.3) is 10.2 Å². The number of aromatic nitrogens is 2. The van der Waals surface area contributed by atoms with E-state index in [2.05, 4.69) is 15.3 Å². The van der Waals surface area contributed by atoms with E-state index in [1.807, 2.05) is 37.0 Å². The quantitative estimate of drug-likeness (QED) is 0.779. The molecule has 0 bridgehead atoms. The second-order valence-electron chi connectivity index (χ2n) is 6.25. The van der Waals surface area contributed by atoms with Crippen molar-refractivity contribution in [1.29, 1.82) is 0 Å². The third-order valence-corrected chi connectivity index (χ3v) is 5.84. The first-order chi connectivity index (χ1) is 11.6. The predicted octanol–water partition coefficient (Wildman–Crippen LogP) is 3.55. The lowest BCUT2D eigenvalue weighted by atomic mass is 10.2. The zero-order valence-electron chi connectivity index (χ0n) is 14.8. The second kappa shape index (κ2) is 7.47. The van der Waals surface area contributed by atoms with Crippen LogP contribution in [0.3, 0.4) is 0 Å². The standard InChI is InChI=1S/C18H26N4OS/c1-4-22(5-2)15(23)10-7-11-19-17-16-13-8-6-9-14(13)24-18(16)21-12(3)20-17/h4-11H2,1-3H3,(H,19,20,21). The summed E-state index contributed by atoms with van der Waals surface area (Å²) in [4.78, 5) is 25.8. The molecule has 0 aromatic carbocycles. The van der Waals surface area contributed by atoms with Crippen molar-refractivity contribution in [3.8, 4) is 0 Å². The molecule has 130 valence electrons. The molecule has 0 saturated heterocycles. The van der Waals surface area contributed by atoms with E-state index in [9.17, 15) is 4.79 Å². The van der Waals surface area contributed by atoms with Crippen molar-refractivity contribution in [3.63, 3.8) is 0 Å². The first-order valence-corrected chi connectivity index (χ1v) is 9.76. The van der Waals surface area contributed by atoms with Gasteiger partial charge in [0.25, 0.3) is 0 Å². The van der Waals surface area contributed by atoms with Gasteiger partial charge in [0.1, 0.15) is 16.5 Å². The van der Waals surface area contributed by atoms with Crippen LogP contribution in [0.2, 0.25) is 0 Å². The summed E-state index contributed by atoms with van der Waals surface area (Å²) in [5.41, 5.74) is 1.44. The smallest absolute Gasteiger partial charge is 0.222 e. The molecular formula is C18H26N4OS. The van der Waals surface area contributed by atoms with Crippen LogP contribution in [0.5, 0.6) is 0 Å². The van der Waals surface area contributed by atoms with Gasteiger partial charge in [-0.2, -0.15) is 0 Å². The third-order valence-electron chi connectivity index (χ3n) is 4.65. The molecule has 3 rings (SSSR count). The average Bonchev–Trinajstić information content (AvgIpc) is 3.12. The molecule has 24 heavy (non-hydrogen) atoms. The molecule has 1 aliphatic carbocycles. The van der Waals surface area contributed by atoms with E-state index in [1.165, 1.54) is 28.7 Å². The number of thiophene rings is 1. The Morgan fingerprint density at radius 1 is 1.25 bits per heavy atom. The minimum Gasteiger partial charge on any atom is -0.369 e. The first kappa shape index (κ1) is 17.1. The number of nitrogens with one attached hydrogen (secondary N) is 1. The number of nitrogens with zero attached hydrogens (tertiary/aromatic N) is 3. The Labute approximate surface area is 147 Å². The van der Waals surface area contributed by atoms with Crippen molar-refractivity contribution in [1.82, 2.24) is 14.9 Å². The van der Waals surface area contributed by atoms with Crippen molar-refractivity contribution in [2.24, 2.45) is 0 Å². The Hall–Kier alpha value is -1.69. The average molecular weight is 347 g/mol. The lowest BCUT2D eigenvalue weighted by molar-refractivity contribution is -0.130. The summed E-state index contributed by atoms with van der Waals surface area (Å²) in [6.45, 7) is 8.34. The summed E-state index contributed by atoms with van der Waals surface area (Å²) in [7, 11) is 0. The summed E-state index contributed by atoms with van der Waals surface area (Å²) in [5.74, 6) is 2.00. The summed E-state index contributed by atoms with van der Waals surface area (Å²) in [6.07, 6.45) is 4.96. The minimum atomic E-state index is 0.238. The second-order valence-corrected chi connectivity index (χ2v) is 7.34. The molecule has 0 atom stereocenters. The van der Waals surface area contributed by atoms with Gasteiger partial charge in [0.15, 0.2) is 0 Å². The number of carbonyl (C=O) groups is 1. The van der Waals surface area contributed by atoms with Gasteiger partial charge in [0.2, 0.25) is 5.91 Å². The van der Waals surface area contributed by atoms with E-state index in [0.717, 1.165) is 48.9 Å². The SMILES string of the molecule is CCN(CC)C(=O)CCCNc1nc(C)nc2sc3c(c12)CCC3. The summed E-state index contributed by atoms with van der Waals surface area (Å²) in [6, 6.07) is 0. The third kappa shape index (κ3) is 3.38. The van der Waals surface area contributed by atoms with E-state index >= 15 is 0 Å². The molecule has 1 aliphatic rings. The van der Waals surface area contributed by atoms with Gasteiger partial charge in [0.05, 0.1) is 5.39 Å². The minimum absolute atomic E-state index is 0.238. The molecule has 0 saturated carbocycles. The topological polar surface area (TPSA) is 58.1 Å². The molecule has 5 nitrogen and oxygen atoms in total. The molecule has 0 unspecified atom stereocenters. The molecule has 2 aromatic heterocycles. The van der Waals surface area contributed by atoms with Gasteiger partial charge in [0, 0.05) is 30.9 Å². The number of hydrogen-bond donors (Lipinski definition) is 1. The van der Waals surface area contributed by atoms with Crippen LogP contribution in [0.1, 0.15) is 49.4 Å². The van der Waals surface area contributed by atoms with Gasteiger partial charge in [-0.15, -0.1) is 11.3 Å². The Morgan fingerprint density at radius 3 is 2.79 bits per heavy atom. The highest BCUT2D eigenvalue weighted by molar-refractivity contribution is 7.19. The predicted molar refractivity (Wildman–Crippen MR) is 99.8 cm³/mol. The maximum absolute atomic E-state index is 12.1. The van der Waals surface area contributed by atoms with Crippen molar-refractivity contribution >= 4 is 33.3 Å². The van der Waals surface area contributed by atoms with E-state index in [1.54, 1.807) is 0 Å². The largest absolute Gasteiger partial charge is 0.369 e. The number of aryl methyl sites for hydroxylation is 3. The number of hydrogen-bond acceptors (Lipinski definition) is 5. The molecular weight excluding hydrogens is 320 g/mol. The van der Waals surface area contributed by atoms with Crippen molar-refractivity contribution in [2.45, 2.75) is 52.9 Å². The number of anilines is 1. The lowest BCUT2D eigenvalue weighted by Gasteiger charge is -2.18. The summed E-state index contributed by atoms with van der Waals surface area (Å²) >= 11 is 1.82. The molecule has 0 radical (unpaired) electrons. The molecule has 6 heteroatoms. The van der Waals surface area contributed by atoms with Crippen LogP contribution < -0.4 is 5.32 Å². The highest BCUT2D eigenvalue weighted by Gasteiger charge is 2.21. The Morgan fingerprint density at radius 2 is 2.04 bits per heavy atom. The molecule has 1 N–H and O–H groups in total. The Balaban J connectivity index is 1.66. The number of amides is 1. The molecule has 0 fully saturated rings. The molecule has 0 spiro atoms. The zero-order chi connectivity index (χ0) is 17.1. The zero-order valence-corrected chi connectivity index (χ0v) is 15.6. The van der Waals surface area contributed by atoms with Crippen LogP contribution >= 0.6 is 11.3 Å². The van der Waals surface area contributed by atoms with E-state index in [4.69, 9.17) is 0 Å². The highest BCUT2D eigenvalue weighted by Crippen LogP contribution is 2.39. The summed E-state index contributed by atoms with van der Waals surface area (Å²) < 4.78 is 0. The van der Waals surface area contributed by atoms with Gasteiger partial charge in [-0.05, 0) is 52.0 Å². The molecule has 2 aromatic rings. The fourth-order valence-corrected chi connectivity index (χ4v) is 4.72. The van der Waals surface area contributed by atoms with Crippen LogP contribution in [-0.2, 0) is 17.6 Å². The van der Waals surface area contributed by atoms with Gasteiger partial charge in [-0.3, -0.25) is 4.79 Å². The van der Waals surface area contributed by atoms with E-state index in [-0.39, 0.29) is 5.91 Å². The summed E-state index contributed by atoms with van der Waals surface area (Å²) in [5, 5.41) is 4.68. The highest BCUT2D eigenvalue weighted by atomic mass is 32.1. The Bertz CT molecular complexity index is 736. The van der Waals surface area contributed by atoms with Crippen LogP contribution in [-0.4, -0.2) is 40.4 Å². The fraction of sp³-hybridized carbons (Fsp3) is 0.611. The maximum atomic E-state index is 12.1. The van der Waals surface area contributed by atoms with Crippen molar-refractivity contribution in [3.05, 3.63) is 16.3 Å². The van der Waals surface area contributed by atoms with Gasteiger partial charge >= 0.3 is 0 Å². The molecule has 0 aliphatic heterocycles. The van der Waals surface area contributed by atoms with E-state index < -0.39 is 0 Å². The van der Waals surface area contributed by atoms with Crippen LogP contribution in [0.15, 0.2) is 0 Å². The van der Waals surface area contributed by atoms with Gasteiger partial charge in [-0.25, -0.2) is 9.97 Å². The molecule has 1 amide bonds. The maximum Gasteiger partial charge on any atom is 0.222 e. The van der Waals surface area contributed by atoms with Gasteiger partial charge in [-0.1, -0.05) is 0 Å². The Kier molecular flexibility index (Phi) is 5.33. The van der Waals surface area contributed by atoms with Crippen LogP contribution in [0.4, 0.5) is 5.82 Å². The molecule has 2 heterocycles. The number of carbonyl (C=O) groups excluding carboxylic acids is 1. The van der Waals surface area contributed by atoms with Gasteiger partial charge < -0.3 is 10.2 Å². The number of fused-ring (bicyclic) bond motifs is 3. The monoisotopic (exact) mass is 346 g/mol. The van der Waals surface area contributed by atoms with E-state index in [0.29, 0.717) is 6.42 Å². The van der Waals surface area contributed by atoms with Crippen LogP contribution in [0, 0.1) is 6.92 Å². The lowest BCUT2D eigenvalue weighted by Crippen LogP contribution is -2.30. The fourth-order valence-electron chi connectivity index (χ4n) is 3.41. The van der Waals surface area contributed by atoms with Crippen molar-refractivity contribution < 1.29 is 4.79 Å².